The van der Waals surface area contributed by atoms with Crippen LogP contribution in [-0.4, -0.2) is 61.0 Å². The molecule has 5 nitrogen and oxygen atoms in total. The van der Waals surface area contributed by atoms with Crippen molar-refractivity contribution >= 4 is 29.9 Å². The highest BCUT2D eigenvalue weighted by atomic mass is 127. The minimum Gasteiger partial charge on any atom is -0.396 e. The van der Waals surface area contributed by atoms with Crippen LogP contribution in [0.25, 0.3) is 0 Å². The predicted molar refractivity (Wildman–Crippen MR) is 96.3 cm³/mol. The number of hydrogen-bond acceptors (Lipinski definition) is 3. The lowest BCUT2D eigenvalue weighted by Gasteiger charge is -2.62. The van der Waals surface area contributed by atoms with Crippen LogP contribution in [0.5, 0.6) is 0 Å². The Morgan fingerprint density at radius 2 is 1.90 bits per heavy atom. The lowest BCUT2D eigenvalue weighted by atomic mass is 9.65. The Morgan fingerprint density at radius 3 is 2.24 bits per heavy atom. The van der Waals surface area contributed by atoms with Gasteiger partial charge in [-0.05, 0) is 20.8 Å². The molecule has 0 amide bonds. The molecule has 0 atom stereocenters. The Bertz CT molecular complexity index is 387. The number of hydrogen-bond donors (Lipinski definition) is 2. The van der Waals surface area contributed by atoms with Crippen LogP contribution in [0.1, 0.15) is 34.6 Å². The van der Waals surface area contributed by atoms with Crippen LogP contribution in [0, 0.1) is 10.8 Å². The molecule has 2 aliphatic rings. The summed E-state index contributed by atoms with van der Waals surface area (Å²) in [6.45, 7) is 15.1. The molecule has 0 aliphatic carbocycles. The monoisotopic (exact) mass is 411 g/mol. The highest BCUT2D eigenvalue weighted by Gasteiger charge is 2.53. The zero-order valence-corrected chi connectivity index (χ0v) is 16.2. The van der Waals surface area contributed by atoms with Gasteiger partial charge in [0.05, 0.1) is 31.8 Å². The number of likely N-dealkylation sites (tertiary alicyclic amines) is 1. The Hall–Kier alpha value is -0.0800. The van der Waals surface area contributed by atoms with Crippen molar-refractivity contribution in [2.24, 2.45) is 15.8 Å². The molecule has 2 fully saturated rings. The zero-order chi connectivity index (χ0) is 15.0. The third kappa shape index (κ3) is 3.32. The fraction of sp³-hybridized carbons (Fsp3) is 0.933. The molecule has 0 saturated carbocycles. The summed E-state index contributed by atoms with van der Waals surface area (Å²) >= 11 is 0. The quantitative estimate of drug-likeness (QED) is 0.420. The summed E-state index contributed by atoms with van der Waals surface area (Å²) in [5, 5.41) is 12.9. The molecule has 0 aromatic carbocycles. The number of nitrogens with zero attached hydrogens (tertiary/aromatic N) is 2. The van der Waals surface area contributed by atoms with E-state index in [-0.39, 0.29) is 47.0 Å². The van der Waals surface area contributed by atoms with Crippen LogP contribution in [-0.2, 0) is 4.74 Å². The summed E-state index contributed by atoms with van der Waals surface area (Å²) in [4.78, 5) is 7.09. The van der Waals surface area contributed by atoms with Crippen molar-refractivity contribution in [3.63, 3.8) is 0 Å². The molecule has 0 aromatic rings. The van der Waals surface area contributed by atoms with E-state index in [4.69, 9.17) is 9.73 Å². The first-order chi connectivity index (χ1) is 9.28. The second-order valence-electron chi connectivity index (χ2n) is 7.35. The summed E-state index contributed by atoms with van der Waals surface area (Å²) in [7, 11) is 0. The van der Waals surface area contributed by atoms with E-state index in [1.807, 2.05) is 0 Å². The predicted octanol–water partition coefficient (Wildman–Crippen LogP) is 1.70. The van der Waals surface area contributed by atoms with E-state index in [1.54, 1.807) is 0 Å². The van der Waals surface area contributed by atoms with Crippen LogP contribution in [0.2, 0.25) is 0 Å². The molecule has 2 saturated heterocycles. The van der Waals surface area contributed by atoms with Gasteiger partial charge < -0.3 is 20.1 Å². The number of aliphatic hydroxyl groups is 1. The van der Waals surface area contributed by atoms with E-state index < -0.39 is 0 Å². The van der Waals surface area contributed by atoms with Crippen molar-refractivity contribution in [3.8, 4) is 0 Å². The number of ether oxygens (including phenoxy) is 1. The Balaban J connectivity index is 0.00000220. The van der Waals surface area contributed by atoms with Crippen molar-refractivity contribution in [2.45, 2.75) is 40.2 Å². The molecule has 2 N–H and O–H groups in total. The first-order valence-corrected chi connectivity index (χ1v) is 7.53. The molecular formula is C15H30IN3O2. The summed E-state index contributed by atoms with van der Waals surface area (Å²) in [6.07, 6.45) is 0. The number of aliphatic hydroxyl groups excluding tert-OH is 1. The van der Waals surface area contributed by atoms with Gasteiger partial charge in [0.2, 0.25) is 0 Å². The van der Waals surface area contributed by atoms with Gasteiger partial charge in [-0.15, -0.1) is 24.0 Å². The zero-order valence-electron chi connectivity index (χ0n) is 13.9. The number of guanidine groups is 1. The normalized spacial score (nSPS) is 25.4. The lowest BCUT2D eigenvalue weighted by molar-refractivity contribution is -0.130. The third-order valence-corrected chi connectivity index (χ3v) is 5.19. The number of rotatable bonds is 4. The molecule has 0 aromatic heterocycles. The van der Waals surface area contributed by atoms with Crippen molar-refractivity contribution < 1.29 is 9.84 Å². The van der Waals surface area contributed by atoms with E-state index in [2.05, 4.69) is 44.8 Å². The van der Waals surface area contributed by atoms with E-state index in [0.29, 0.717) is 19.8 Å². The summed E-state index contributed by atoms with van der Waals surface area (Å²) in [6, 6.07) is 0. The molecule has 2 rings (SSSR count). The first-order valence-electron chi connectivity index (χ1n) is 7.53. The van der Waals surface area contributed by atoms with Crippen LogP contribution >= 0.6 is 24.0 Å². The average Bonchev–Trinajstić information content (AvgIpc) is 2.34. The maximum atomic E-state index is 9.49. The second kappa shape index (κ2) is 6.58. The van der Waals surface area contributed by atoms with Crippen LogP contribution in [0.15, 0.2) is 4.99 Å². The Morgan fingerprint density at radius 1 is 1.29 bits per heavy atom. The average molecular weight is 411 g/mol. The number of halogens is 1. The Labute approximate surface area is 145 Å². The van der Waals surface area contributed by atoms with Gasteiger partial charge in [-0.3, -0.25) is 4.99 Å². The molecule has 0 radical (unpaired) electrons. The number of nitrogens with one attached hydrogen (secondary N) is 1. The van der Waals surface area contributed by atoms with Gasteiger partial charge in [0, 0.05) is 24.0 Å². The van der Waals surface area contributed by atoms with Crippen molar-refractivity contribution in [2.75, 3.05) is 39.5 Å². The Kier molecular flexibility index (Phi) is 5.94. The first kappa shape index (κ1) is 19.0. The summed E-state index contributed by atoms with van der Waals surface area (Å²) in [5.41, 5.74) is 0.221. The van der Waals surface area contributed by atoms with Crippen molar-refractivity contribution in [3.05, 3.63) is 0 Å². The molecule has 124 valence electrons. The highest BCUT2D eigenvalue weighted by Crippen LogP contribution is 2.46. The standard InChI is InChI=1S/C15H29N3O2.HI/c1-6-16-12(17-7-15(9-19)10-20-11-15)18-8-13(2,3)14(18,4)5;/h19H,6-11H2,1-5H3,(H,16,17);1H. The SMILES string of the molecule is CCNC(=NCC1(CO)COC1)N1CC(C)(C)C1(C)C.I. The molecular weight excluding hydrogens is 381 g/mol. The molecule has 2 heterocycles. The van der Waals surface area contributed by atoms with E-state index in [9.17, 15) is 5.11 Å². The van der Waals surface area contributed by atoms with E-state index in [1.165, 1.54) is 0 Å². The van der Waals surface area contributed by atoms with Gasteiger partial charge in [-0.25, -0.2) is 0 Å². The van der Waals surface area contributed by atoms with Crippen LogP contribution < -0.4 is 5.32 Å². The third-order valence-electron chi connectivity index (χ3n) is 5.19. The van der Waals surface area contributed by atoms with Crippen LogP contribution in [0.3, 0.4) is 0 Å². The topological polar surface area (TPSA) is 57.1 Å². The molecule has 0 bridgehead atoms. The fourth-order valence-corrected chi connectivity index (χ4v) is 2.66. The second-order valence-corrected chi connectivity index (χ2v) is 7.35. The van der Waals surface area contributed by atoms with Gasteiger partial charge >= 0.3 is 0 Å². The fourth-order valence-electron chi connectivity index (χ4n) is 2.66. The van der Waals surface area contributed by atoms with E-state index in [0.717, 1.165) is 19.0 Å². The molecule has 0 spiro atoms. The van der Waals surface area contributed by atoms with Gasteiger partial charge in [-0.1, -0.05) is 13.8 Å². The molecule has 2 aliphatic heterocycles. The maximum Gasteiger partial charge on any atom is 0.194 e. The largest absolute Gasteiger partial charge is 0.396 e. The van der Waals surface area contributed by atoms with Crippen molar-refractivity contribution in [1.82, 2.24) is 10.2 Å². The van der Waals surface area contributed by atoms with Crippen molar-refractivity contribution in [1.29, 1.82) is 0 Å². The lowest BCUT2D eigenvalue weighted by Crippen LogP contribution is -2.72. The number of aliphatic imine (C=N–C) groups is 1. The molecule has 0 unspecified atom stereocenters. The minimum atomic E-state index is -0.162. The minimum absolute atomic E-state index is 0. The summed E-state index contributed by atoms with van der Waals surface area (Å²) in [5.74, 6) is 0.955. The molecule has 6 heteroatoms. The molecule has 21 heavy (non-hydrogen) atoms. The van der Waals surface area contributed by atoms with Gasteiger partial charge in [-0.2, -0.15) is 0 Å². The smallest absolute Gasteiger partial charge is 0.194 e. The van der Waals surface area contributed by atoms with Gasteiger partial charge in [0.1, 0.15) is 0 Å². The van der Waals surface area contributed by atoms with Crippen LogP contribution in [0.4, 0.5) is 0 Å². The maximum absolute atomic E-state index is 9.49. The highest BCUT2D eigenvalue weighted by molar-refractivity contribution is 14.0. The van der Waals surface area contributed by atoms with Gasteiger partial charge in [0.15, 0.2) is 5.96 Å². The summed E-state index contributed by atoms with van der Waals surface area (Å²) < 4.78 is 5.23. The van der Waals surface area contributed by atoms with Gasteiger partial charge in [0.25, 0.3) is 0 Å². The van der Waals surface area contributed by atoms with E-state index >= 15 is 0 Å².